The molecule has 0 radical (unpaired) electrons. The van der Waals surface area contributed by atoms with Crippen molar-refractivity contribution in [1.29, 1.82) is 0 Å². The molecular formula is C12H14BrF3N2. The maximum absolute atomic E-state index is 12.6. The van der Waals surface area contributed by atoms with Crippen molar-refractivity contribution in [3.05, 3.63) is 28.2 Å². The van der Waals surface area contributed by atoms with Crippen LogP contribution in [-0.4, -0.2) is 25.7 Å². The molecule has 1 N–H and O–H groups in total. The molecule has 0 aromatic heterocycles. The SMILES string of the molecule is CC1CN(c2ccc(C(F)(F)F)cc2Br)CCN1. The summed E-state index contributed by atoms with van der Waals surface area (Å²) in [7, 11) is 0. The molecule has 1 aliphatic heterocycles. The number of alkyl halides is 3. The van der Waals surface area contributed by atoms with Crippen molar-refractivity contribution in [3.8, 4) is 0 Å². The Bertz CT molecular complexity index is 434. The van der Waals surface area contributed by atoms with E-state index < -0.39 is 11.7 Å². The number of nitrogens with one attached hydrogen (secondary N) is 1. The zero-order chi connectivity index (χ0) is 13.3. The van der Waals surface area contributed by atoms with Gasteiger partial charge in [0, 0.05) is 30.1 Å². The third-order valence-corrected chi connectivity index (χ3v) is 3.62. The van der Waals surface area contributed by atoms with Gasteiger partial charge in [-0.15, -0.1) is 0 Å². The lowest BCUT2D eigenvalue weighted by atomic mass is 10.1. The lowest BCUT2D eigenvalue weighted by molar-refractivity contribution is -0.137. The van der Waals surface area contributed by atoms with Crippen molar-refractivity contribution in [3.63, 3.8) is 0 Å². The molecule has 0 bridgehead atoms. The molecule has 1 aromatic carbocycles. The van der Waals surface area contributed by atoms with Crippen molar-refractivity contribution in [2.24, 2.45) is 0 Å². The monoisotopic (exact) mass is 322 g/mol. The Hall–Kier alpha value is -0.750. The van der Waals surface area contributed by atoms with Crippen LogP contribution >= 0.6 is 15.9 Å². The molecule has 1 heterocycles. The molecule has 100 valence electrons. The summed E-state index contributed by atoms with van der Waals surface area (Å²) in [4.78, 5) is 2.09. The van der Waals surface area contributed by atoms with E-state index in [0.717, 1.165) is 37.5 Å². The first kappa shape index (κ1) is 13.7. The highest BCUT2D eigenvalue weighted by atomic mass is 79.9. The number of anilines is 1. The van der Waals surface area contributed by atoms with Gasteiger partial charge in [0.15, 0.2) is 0 Å². The minimum absolute atomic E-state index is 0.341. The van der Waals surface area contributed by atoms with Crippen LogP contribution in [0.1, 0.15) is 12.5 Å². The lowest BCUT2D eigenvalue weighted by Gasteiger charge is -2.34. The van der Waals surface area contributed by atoms with E-state index in [4.69, 9.17) is 0 Å². The van der Waals surface area contributed by atoms with Crippen LogP contribution in [0.4, 0.5) is 18.9 Å². The molecule has 1 aliphatic rings. The highest BCUT2D eigenvalue weighted by Gasteiger charge is 2.31. The van der Waals surface area contributed by atoms with Crippen LogP contribution in [0.5, 0.6) is 0 Å². The zero-order valence-electron chi connectivity index (χ0n) is 9.89. The fourth-order valence-corrected chi connectivity index (χ4v) is 2.72. The second kappa shape index (κ2) is 5.09. The van der Waals surface area contributed by atoms with Crippen molar-refractivity contribution >= 4 is 21.6 Å². The topological polar surface area (TPSA) is 15.3 Å². The van der Waals surface area contributed by atoms with Gasteiger partial charge in [0.1, 0.15) is 0 Å². The van der Waals surface area contributed by atoms with Gasteiger partial charge in [-0.05, 0) is 41.1 Å². The molecule has 2 nitrogen and oxygen atoms in total. The standard InChI is InChI=1S/C12H14BrF3N2/c1-8-7-18(5-4-17-8)11-3-2-9(6-10(11)13)12(14,15)16/h2-3,6,8,17H,4-5,7H2,1H3. The lowest BCUT2D eigenvalue weighted by Crippen LogP contribution is -2.49. The number of hydrogen-bond donors (Lipinski definition) is 1. The first-order valence-electron chi connectivity index (χ1n) is 5.73. The van der Waals surface area contributed by atoms with Crippen LogP contribution < -0.4 is 10.2 Å². The van der Waals surface area contributed by atoms with Gasteiger partial charge in [-0.25, -0.2) is 0 Å². The summed E-state index contributed by atoms with van der Waals surface area (Å²) in [5.74, 6) is 0. The second-order valence-electron chi connectivity index (χ2n) is 4.47. The fourth-order valence-electron chi connectivity index (χ4n) is 2.09. The van der Waals surface area contributed by atoms with Gasteiger partial charge in [0.25, 0.3) is 0 Å². The van der Waals surface area contributed by atoms with E-state index in [-0.39, 0.29) is 0 Å². The summed E-state index contributed by atoms with van der Waals surface area (Å²) < 4.78 is 38.2. The highest BCUT2D eigenvalue weighted by Crippen LogP contribution is 2.35. The number of hydrogen-bond acceptors (Lipinski definition) is 2. The molecule has 0 aliphatic carbocycles. The van der Waals surface area contributed by atoms with Gasteiger partial charge in [-0.3, -0.25) is 0 Å². The van der Waals surface area contributed by atoms with Gasteiger partial charge in [-0.1, -0.05) is 0 Å². The number of halogens is 4. The molecule has 1 aromatic rings. The summed E-state index contributed by atoms with van der Waals surface area (Å²) >= 11 is 3.23. The third kappa shape index (κ3) is 2.98. The number of piperazine rings is 1. The Balaban J connectivity index is 2.24. The van der Waals surface area contributed by atoms with Crippen LogP contribution in [0.2, 0.25) is 0 Å². The molecule has 0 spiro atoms. The summed E-state index contributed by atoms with van der Waals surface area (Å²) in [5.41, 5.74) is 0.192. The first-order chi connectivity index (χ1) is 8.38. The molecule has 0 saturated carbocycles. The molecular weight excluding hydrogens is 309 g/mol. The predicted molar refractivity (Wildman–Crippen MR) is 68.8 cm³/mol. The van der Waals surface area contributed by atoms with Gasteiger partial charge in [-0.2, -0.15) is 13.2 Å². The normalized spacial score (nSPS) is 21.2. The van der Waals surface area contributed by atoms with E-state index in [9.17, 15) is 13.2 Å². The van der Waals surface area contributed by atoms with Gasteiger partial charge in [0.05, 0.1) is 11.3 Å². The maximum Gasteiger partial charge on any atom is 0.416 e. The molecule has 0 amide bonds. The largest absolute Gasteiger partial charge is 0.416 e. The van der Waals surface area contributed by atoms with E-state index in [1.807, 2.05) is 0 Å². The quantitative estimate of drug-likeness (QED) is 0.853. The number of nitrogens with zero attached hydrogens (tertiary/aromatic N) is 1. The van der Waals surface area contributed by atoms with Crippen LogP contribution in [0, 0.1) is 0 Å². The van der Waals surface area contributed by atoms with Crippen molar-refractivity contribution in [1.82, 2.24) is 5.32 Å². The van der Waals surface area contributed by atoms with E-state index >= 15 is 0 Å². The summed E-state index contributed by atoms with van der Waals surface area (Å²) in [6, 6.07) is 4.15. The van der Waals surface area contributed by atoms with Crippen LogP contribution in [-0.2, 0) is 6.18 Å². The van der Waals surface area contributed by atoms with Crippen molar-refractivity contribution in [2.75, 3.05) is 24.5 Å². The Labute approximate surface area is 112 Å². The van der Waals surface area contributed by atoms with Gasteiger partial charge >= 0.3 is 6.18 Å². The Morgan fingerprint density at radius 3 is 2.67 bits per heavy atom. The Morgan fingerprint density at radius 2 is 2.11 bits per heavy atom. The summed E-state index contributed by atoms with van der Waals surface area (Å²) in [5, 5.41) is 3.30. The second-order valence-corrected chi connectivity index (χ2v) is 5.32. The predicted octanol–water partition coefficient (Wildman–Crippen LogP) is 3.27. The molecule has 1 fully saturated rings. The van der Waals surface area contributed by atoms with Crippen LogP contribution in [0.15, 0.2) is 22.7 Å². The van der Waals surface area contributed by atoms with Gasteiger partial charge in [0.2, 0.25) is 0 Å². The molecule has 2 rings (SSSR count). The average Bonchev–Trinajstić information content (AvgIpc) is 2.27. The van der Waals surface area contributed by atoms with E-state index in [0.29, 0.717) is 10.5 Å². The van der Waals surface area contributed by atoms with E-state index in [1.54, 1.807) is 0 Å². The van der Waals surface area contributed by atoms with E-state index in [2.05, 4.69) is 33.1 Å². The van der Waals surface area contributed by atoms with Crippen molar-refractivity contribution < 1.29 is 13.2 Å². The van der Waals surface area contributed by atoms with Crippen LogP contribution in [0.3, 0.4) is 0 Å². The molecule has 6 heteroatoms. The summed E-state index contributed by atoms with van der Waals surface area (Å²) in [6.45, 7) is 4.50. The number of rotatable bonds is 1. The molecule has 1 saturated heterocycles. The Kier molecular flexibility index (Phi) is 3.87. The minimum atomic E-state index is -4.29. The molecule has 18 heavy (non-hydrogen) atoms. The average molecular weight is 323 g/mol. The summed E-state index contributed by atoms with van der Waals surface area (Å²) in [6.07, 6.45) is -4.29. The third-order valence-electron chi connectivity index (χ3n) is 2.98. The first-order valence-corrected chi connectivity index (χ1v) is 6.52. The number of benzene rings is 1. The smallest absolute Gasteiger partial charge is 0.368 e. The molecule has 1 atom stereocenters. The fraction of sp³-hybridized carbons (Fsp3) is 0.500. The van der Waals surface area contributed by atoms with Crippen LogP contribution in [0.25, 0.3) is 0 Å². The van der Waals surface area contributed by atoms with Crippen molar-refractivity contribution in [2.45, 2.75) is 19.1 Å². The maximum atomic E-state index is 12.6. The zero-order valence-corrected chi connectivity index (χ0v) is 11.5. The van der Waals surface area contributed by atoms with E-state index in [1.165, 1.54) is 6.07 Å². The molecule has 1 unspecified atom stereocenters. The minimum Gasteiger partial charge on any atom is -0.368 e. The van der Waals surface area contributed by atoms with Gasteiger partial charge < -0.3 is 10.2 Å². The highest BCUT2D eigenvalue weighted by molar-refractivity contribution is 9.10. The Morgan fingerprint density at radius 1 is 1.39 bits per heavy atom.